The molecule has 0 bridgehead atoms. The number of amides is 1. The number of carbonyl (C=O) groups excluding carboxylic acids is 1. The van der Waals surface area contributed by atoms with E-state index in [1.165, 1.54) is 4.68 Å². The van der Waals surface area contributed by atoms with Crippen LogP contribution in [-0.2, 0) is 7.05 Å². The summed E-state index contributed by atoms with van der Waals surface area (Å²) in [7, 11) is 1.69. The van der Waals surface area contributed by atoms with E-state index in [1.54, 1.807) is 14.0 Å². The fourth-order valence-corrected chi connectivity index (χ4v) is 1.47. The predicted octanol–water partition coefficient (Wildman–Crippen LogP) is -0.187. The number of anilines is 1. The monoisotopic (exact) mass is 226 g/mol. The number of carbonyl (C=O) groups is 1. The van der Waals surface area contributed by atoms with Gasteiger partial charge in [-0.05, 0) is 19.8 Å². The van der Waals surface area contributed by atoms with Crippen molar-refractivity contribution >= 4 is 11.6 Å². The van der Waals surface area contributed by atoms with E-state index in [0.29, 0.717) is 30.0 Å². The molecule has 6 nitrogen and oxygen atoms in total. The highest BCUT2D eigenvalue weighted by molar-refractivity contribution is 5.97. The van der Waals surface area contributed by atoms with Gasteiger partial charge in [0.05, 0.1) is 11.4 Å². The van der Waals surface area contributed by atoms with Crippen LogP contribution < -0.4 is 11.1 Å². The van der Waals surface area contributed by atoms with Crippen molar-refractivity contribution in [2.75, 3.05) is 18.9 Å². The van der Waals surface area contributed by atoms with Crippen LogP contribution in [0.5, 0.6) is 0 Å². The van der Waals surface area contributed by atoms with Gasteiger partial charge in [-0.1, -0.05) is 0 Å². The van der Waals surface area contributed by atoms with Gasteiger partial charge in [0.2, 0.25) is 0 Å². The van der Waals surface area contributed by atoms with Gasteiger partial charge >= 0.3 is 0 Å². The molecular formula is C10H18N4O2. The average Bonchev–Trinajstić information content (AvgIpc) is 2.48. The Morgan fingerprint density at radius 3 is 2.75 bits per heavy atom. The van der Waals surface area contributed by atoms with Crippen LogP contribution in [0.2, 0.25) is 0 Å². The quantitative estimate of drug-likeness (QED) is 0.607. The molecule has 1 aromatic heterocycles. The number of nitrogens with one attached hydrogen (secondary N) is 1. The summed E-state index contributed by atoms with van der Waals surface area (Å²) in [6.07, 6.45) is 1.43. The molecule has 0 fully saturated rings. The van der Waals surface area contributed by atoms with Crippen LogP contribution in [0.15, 0.2) is 0 Å². The zero-order valence-corrected chi connectivity index (χ0v) is 9.66. The molecule has 0 aliphatic heterocycles. The van der Waals surface area contributed by atoms with Crippen molar-refractivity contribution in [1.82, 2.24) is 15.1 Å². The summed E-state index contributed by atoms with van der Waals surface area (Å²) in [4.78, 5) is 11.7. The molecule has 1 aromatic rings. The molecule has 0 radical (unpaired) electrons. The van der Waals surface area contributed by atoms with Crippen molar-refractivity contribution in [3.05, 3.63) is 11.4 Å². The van der Waals surface area contributed by atoms with Gasteiger partial charge in [0, 0.05) is 20.2 Å². The number of nitrogen functional groups attached to an aromatic ring is 1. The number of hydrogen-bond acceptors (Lipinski definition) is 4. The highest BCUT2D eigenvalue weighted by atomic mass is 16.2. The number of nitrogens with two attached hydrogens (primary N) is 1. The number of unbranched alkanes of at least 4 members (excludes halogenated alkanes) is 1. The zero-order valence-electron chi connectivity index (χ0n) is 9.66. The summed E-state index contributed by atoms with van der Waals surface area (Å²) in [5.41, 5.74) is 7.22. The number of aliphatic hydroxyl groups excluding tert-OH is 1. The zero-order chi connectivity index (χ0) is 12.1. The number of aromatic nitrogens is 2. The molecule has 0 saturated heterocycles. The van der Waals surface area contributed by atoms with Gasteiger partial charge in [0.1, 0.15) is 5.69 Å². The van der Waals surface area contributed by atoms with Crippen LogP contribution in [0.4, 0.5) is 5.69 Å². The van der Waals surface area contributed by atoms with Crippen LogP contribution >= 0.6 is 0 Å². The SMILES string of the molecule is Cc1nn(C)c(C(=O)NCCCCO)c1N. The van der Waals surface area contributed by atoms with Crippen LogP contribution in [0.3, 0.4) is 0 Å². The second kappa shape index (κ2) is 5.50. The Bertz CT molecular complexity index is 373. The highest BCUT2D eigenvalue weighted by Gasteiger charge is 2.16. The lowest BCUT2D eigenvalue weighted by atomic mass is 10.2. The molecule has 1 heterocycles. The van der Waals surface area contributed by atoms with Gasteiger partial charge in [-0.15, -0.1) is 0 Å². The standard InChI is InChI=1S/C10H18N4O2/c1-7-8(11)9(14(2)13-7)10(16)12-5-3-4-6-15/h15H,3-6,11H2,1-2H3,(H,12,16). The van der Waals surface area contributed by atoms with Crippen LogP contribution in [0.1, 0.15) is 29.0 Å². The van der Waals surface area contributed by atoms with E-state index in [-0.39, 0.29) is 12.5 Å². The second-order valence-electron chi connectivity index (χ2n) is 3.66. The molecule has 0 spiro atoms. The fraction of sp³-hybridized carbons (Fsp3) is 0.600. The maximum absolute atomic E-state index is 11.7. The lowest BCUT2D eigenvalue weighted by molar-refractivity contribution is 0.0943. The molecule has 1 rings (SSSR count). The van der Waals surface area contributed by atoms with E-state index in [9.17, 15) is 4.79 Å². The Morgan fingerprint density at radius 1 is 1.56 bits per heavy atom. The molecule has 6 heteroatoms. The Labute approximate surface area is 94.4 Å². The van der Waals surface area contributed by atoms with E-state index in [4.69, 9.17) is 10.8 Å². The molecule has 4 N–H and O–H groups in total. The smallest absolute Gasteiger partial charge is 0.271 e. The van der Waals surface area contributed by atoms with Crippen molar-refractivity contribution in [1.29, 1.82) is 0 Å². The van der Waals surface area contributed by atoms with Crippen molar-refractivity contribution in [3.63, 3.8) is 0 Å². The van der Waals surface area contributed by atoms with E-state index in [1.807, 2.05) is 0 Å². The van der Waals surface area contributed by atoms with Crippen molar-refractivity contribution in [2.45, 2.75) is 19.8 Å². The lowest BCUT2D eigenvalue weighted by Crippen LogP contribution is -2.27. The third-order valence-corrected chi connectivity index (χ3v) is 2.35. The van der Waals surface area contributed by atoms with E-state index >= 15 is 0 Å². The van der Waals surface area contributed by atoms with Gasteiger partial charge in [-0.2, -0.15) is 5.10 Å². The number of aryl methyl sites for hydroxylation is 2. The molecular weight excluding hydrogens is 208 g/mol. The summed E-state index contributed by atoms with van der Waals surface area (Å²) in [5, 5.41) is 15.4. The average molecular weight is 226 g/mol. The summed E-state index contributed by atoms with van der Waals surface area (Å²) in [6.45, 7) is 2.43. The Kier molecular flexibility index (Phi) is 4.30. The van der Waals surface area contributed by atoms with Gasteiger partial charge < -0.3 is 16.2 Å². The molecule has 1 amide bonds. The van der Waals surface area contributed by atoms with Crippen LogP contribution in [0.25, 0.3) is 0 Å². The van der Waals surface area contributed by atoms with Crippen molar-refractivity contribution in [3.8, 4) is 0 Å². The largest absolute Gasteiger partial charge is 0.396 e. The summed E-state index contributed by atoms with van der Waals surface area (Å²) >= 11 is 0. The lowest BCUT2D eigenvalue weighted by Gasteiger charge is -2.05. The molecule has 0 unspecified atom stereocenters. The van der Waals surface area contributed by atoms with Gasteiger partial charge in [-0.3, -0.25) is 9.48 Å². The van der Waals surface area contributed by atoms with Crippen LogP contribution in [-0.4, -0.2) is 33.9 Å². The van der Waals surface area contributed by atoms with E-state index < -0.39 is 0 Å². The van der Waals surface area contributed by atoms with Crippen LogP contribution in [0, 0.1) is 6.92 Å². The first-order valence-corrected chi connectivity index (χ1v) is 5.26. The Hall–Kier alpha value is -1.56. The summed E-state index contributed by atoms with van der Waals surface area (Å²) < 4.78 is 1.48. The summed E-state index contributed by atoms with van der Waals surface area (Å²) in [6, 6.07) is 0. The first kappa shape index (κ1) is 12.5. The van der Waals surface area contributed by atoms with E-state index in [0.717, 1.165) is 6.42 Å². The van der Waals surface area contributed by atoms with Gasteiger partial charge in [0.25, 0.3) is 5.91 Å². The number of aliphatic hydroxyl groups is 1. The predicted molar refractivity (Wildman–Crippen MR) is 61.0 cm³/mol. The minimum atomic E-state index is -0.224. The van der Waals surface area contributed by atoms with Crippen molar-refractivity contribution < 1.29 is 9.90 Å². The minimum absolute atomic E-state index is 0.142. The highest BCUT2D eigenvalue weighted by Crippen LogP contribution is 2.14. The third-order valence-electron chi connectivity index (χ3n) is 2.35. The molecule has 0 atom stereocenters. The fourth-order valence-electron chi connectivity index (χ4n) is 1.47. The molecule has 90 valence electrons. The normalized spacial score (nSPS) is 10.4. The van der Waals surface area contributed by atoms with Gasteiger partial charge in [0.15, 0.2) is 0 Å². The maximum atomic E-state index is 11.7. The second-order valence-corrected chi connectivity index (χ2v) is 3.66. The minimum Gasteiger partial charge on any atom is -0.396 e. The van der Waals surface area contributed by atoms with E-state index in [2.05, 4.69) is 10.4 Å². The molecule has 0 aromatic carbocycles. The number of rotatable bonds is 5. The first-order valence-electron chi connectivity index (χ1n) is 5.26. The number of nitrogens with zero attached hydrogens (tertiary/aromatic N) is 2. The topological polar surface area (TPSA) is 93.2 Å². The molecule has 16 heavy (non-hydrogen) atoms. The Morgan fingerprint density at radius 2 is 2.25 bits per heavy atom. The maximum Gasteiger partial charge on any atom is 0.271 e. The number of hydrogen-bond donors (Lipinski definition) is 3. The van der Waals surface area contributed by atoms with Crippen molar-refractivity contribution in [2.24, 2.45) is 7.05 Å². The first-order chi connectivity index (χ1) is 7.57. The van der Waals surface area contributed by atoms with Gasteiger partial charge in [-0.25, -0.2) is 0 Å². The molecule has 0 aliphatic rings. The Balaban J connectivity index is 2.59. The summed E-state index contributed by atoms with van der Waals surface area (Å²) in [5.74, 6) is -0.224. The molecule has 0 saturated carbocycles. The molecule has 0 aliphatic carbocycles. The third kappa shape index (κ3) is 2.73.